The van der Waals surface area contributed by atoms with Crippen LogP contribution in [-0.4, -0.2) is 53.5 Å². The Morgan fingerprint density at radius 2 is 1.96 bits per heavy atom. The van der Waals surface area contributed by atoms with E-state index in [0.29, 0.717) is 31.1 Å². The summed E-state index contributed by atoms with van der Waals surface area (Å²) in [7, 11) is 1.65. The highest BCUT2D eigenvalue weighted by atomic mass is 32.1. The normalized spacial score (nSPS) is 14.7. The van der Waals surface area contributed by atoms with Crippen molar-refractivity contribution in [1.82, 2.24) is 14.3 Å². The van der Waals surface area contributed by atoms with Crippen molar-refractivity contribution in [2.75, 3.05) is 38.2 Å². The molecular formula is C18H18N4O3S. The average molecular weight is 370 g/mol. The van der Waals surface area contributed by atoms with Crippen molar-refractivity contribution in [3.8, 4) is 5.75 Å². The number of hydrogen-bond acceptors (Lipinski definition) is 6. The standard InChI is InChI=1S/C18H18N4O3S/c1-25-15-5-3-2-4-14(15)20-6-8-21(9-7-20)16(23)13-12-19-18-22(17(13)24)10-11-26-18/h2-5,10-12H,6-9H2,1H3. The van der Waals surface area contributed by atoms with Gasteiger partial charge in [-0.3, -0.25) is 14.0 Å². The molecule has 7 nitrogen and oxygen atoms in total. The number of benzene rings is 1. The summed E-state index contributed by atoms with van der Waals surface area (Å²) in [6.45, 7) is 2.45. The van der Waals surface area contributed by atoms with Crippen LogP contribution in [-0.2, 0) is 0 Å². The van der Waals surface area contributed by atoms with Crippen LogP contribution < -0.4 is 15.2 Å². The number of fused-ring (bicyclic) bond motifs is 1. The molecule has 3 heterocycles. The lowest BCUT2D eigenvalue weighted by molar-refractivity contribution is 0.0744. The topological polar surface area (TPSA) is 67.2 Å². The van der Waals surface area contributed by atoms with E-state index < -0.39 is 0 Å². The zero-order valence-electron chi connectivity index (χ0n) is 14.3. The van der Waals surface area contributed by atoms with Gasteiger partial charge in [0.25, 0.3) is 11.5 Å². The maximum atomic E-state index is 12.8. The second kappa shape index (κ2) is 6.80. The van der Waals surface area contributed by atoms with Crippen molar-refractivity contribution < 1.29 is 9.53 Å². The van der Waals surface area contributed by atoms with Crippen LogP contribution in [0, 0.1) is 0 Å². The van der Waals surface area contributed by atoms with Gasteiger partial charge in [0.05, 0.1) is 12.8 Å². The van der Waals surface area contributed by atoms with Crippen LogP contribution in [0.3, 0.4) is 0 Å². The zero-order chi connectivity index (χ0) is 18.1. The van der Waals surface area contributed by atoms with E-state index in [1.54, 1.807) is 23.6 Å². The van der Waals surface area contributed by atoms with Gasteiger partial charge in [0, 0.05) is 44.0 Å². The Bertz CT molecular complexity index is 1000. The van der Waals surface area contributed by atoms with Gasteiger partial charge in [-0.05, 0) is 12.1 Å². The summed E-state index contributed by atoms with van der Waals surface area (Å²) in [5.41, 5.74) is 0.823. The summed E-state index contributed by atoms with van der Waals surface area (Å²) in [6, 6.07) is 7.84. The SMILES string of the molecule is COc1ccccc1N1CCN(C(=O)c2cnc3sccn3c2=O)CC1. The molecule has 0 aliphatic carbocycles. The van der Waals surface area contributed by atoms with Gasteiger partial charge in [0.1, 0.15) is 11.3 Å². The van der Waals surface area contributed by atoms with E-state index in [0.717, 1.165) is 11.4 Å². The smallest absolute Gasteiger partial charge is 0.271 e. The average Bonchev–Trinajstić information content (AvgIpc) is 3.18. The second-order valence-electron chi connectivity index (χ2n) is 5.98. The fraction of sp³-hybridized carbons (Fsp3) is 0.278. The van der Waals surface area contributed by atoms with E-state index in [1.807, 2.05) is 24.3 Å². The highest BCUT2D eigenvalue weighted by Gasteiger charge is 2.26. The molecule has 1 fully saturated rings. The van der Waals surface area contributed by atoms with Crippen molar-refractivity contribution in [1.29, 1.82) is 0 Å². The maximum Gasteiger partial charge on any atom is 0.271 e. The largest absolute Gasteiger partial charge is 0.495 e. The van der Waals surface area contributed by atoms with Gasteiger partial charge < -0.3 is 14.5 Å². The number of rotatable bonds is 3. The minimum atomic E-state index is -0.312. The van der Waals surface area contributed by atoms with Gasteiger partial charge in [-0.25, -0.2) is 4.98 Å². The third-order valence-electron chi connectivity index (χ3n) is 4.57. The molecular weight excluding hydrogens is 352 g/mol. The molecule has 1 aliphatic rings. The predicted octanol–water partition coefficient (Wildman–Crippen LogP) is 1.73. The number of methoxy groups -OCH3 is 1. The van der Waals surface area contributed by atoms with Gasteiger partial charge in [0.2, 0.25) is 0 Å². The monoisotopic (exact) mass is 370 g/mol. The quantitative estimate of drug-likeness (QED) is 0.702. The van der Waals surface area contributed by atoms with Crippen molar-refractivity contribution in [2.24, 2.45) is 0 Å². The molecule has 0 bridgehead atoms. The van der Waals surface area contributed by atoms with Gasteiger partial charge in [-0.2, -0.15) is 0 Å². The molecule has 3 aromatic rings. The van der Waals surface area contributed by atoms with E-state index in [1.165, 1.54) is 21.9 Å². The Kier molecular flexibility index (Phi) is 4.34. The van der Waals surface area contributed by atoms with E-state index in [4.69, 9.17) is 4.74 Å². The number of thiazole rings is 1. The van der Waals surface area contributed by atoms with Gasteiger partial charge in [-0.1, -0.05) is 12.1 Å². The predicted molar refractivity (Wildman–Crippen MR) is 100 cm³/mol. The van der Waals surface area contributed by atoms with Crippen LogP contribution in [0.15, 0.2) is 46.8 Å². The highest BCUT2D eigenvalue weighted by molar-refractivity contribution is 7.15. The van der Waals surface area contributed by atoms with Crippen LogP contribution in [0.25, 0.3) is 4.96 Å². The molecule has 26 heavy (non-hydrogen) atoms. The molecule has 0 radical (unpaired) electrons. The molecule has 1 amide bonds. The molecule has 8 heteroatoms. The molecule has 0 unspecified atom stereocenters. The van der Waals surface area contributed by atoms with Crippen LogP contribution in [0.5, 0.6) is 5.75 Å². The molecule has 134 valence electrons. The highest BCUT2D eigenvalue weighted by Crippen LogP contribution is 2.28. The molecule has 2 aromatic heterocycles. The minimum absolute atomic E-state index is 0.117. The molecule has 1 aliphatic heterocycles. The van der Waals surface area contributed by atoms with Gasteiger partial charge in [0.15, 0.2) is 4.96 Å². The zero-order valence-corrected chi connectivity index (χ0v) is 15.1. The van der Waals surface area contributed by atoms with Crippen molar-refractivity contribution in [3.05, 3.63) is 58.0 Å². The number of para-hydroxylation sites is 2. The number of amides is 1. The number of piperazine rings is 1. The van der Waals surface area contributed by atoms with Crippen molar-refractivity contribution in [2.45, 2.75) is 0 Å². The first-order valence-corrected chi connectivity index (χ1v) is 9.19. The Labute approximate surface area is 154 Å². The minimum Gasteiger partial charge on any atom is -0.495 e. The van der Waals surface area contributed by atoms with Gasteiger partial charge >= 0.3 is 0 Å². The molecule has 0 spiro atoms. The third-order valence-corrected chi connectivity index (χ3v) is 5.34. The summed E-state index contributed by atoms with van der Waals surface area (Å²) in [5, 5.41) is 1.78. The lowest BCUT2D eigenvalue weighted by atomic mass is 10.2. The Morgan fingerprint density at radius 3 is 2.73 bits per heavy atom. The first-order chi connectivity index (χ1) is 12.7. The van der Waals surface area contributed by atoms with Crippen LogP contribution in [0.2, 0.25) is 0 Å². The molecule has 1 aromatic carbocycles. The molecule has 0 N–H and O–H groups in total. The van der Waals surface area contributed by atoms with Crippen molar-refractivity contribution >= 4 is 27.9 Å². The number of ether oxygens (including phenoxy) is 1. The number of carbonyl (C=O) groups is 1. The number of nitrogens with zero attached hydrogens (tertiary/aromatic N) is 4. The van der Waals surface area contributed by atoms with E-state index in [9.17, 15) is 9.59 Å². The molecule has 0 atom stereocenters. The Hall–Kier alpha value is -2.87. The molecule has 1 saturated heterocycles. The Balaban J connectivity index is 1.51. The Morgan fingerprint density at radius 1 is 1.19 bits per heavy atom. The fourth-order valence-corrected chi connectivity index (χ4v) is 3.86. The van der Waals surface area contributed by atoms with Crippen LogP contribution in [0.1, 0.15) is 10.4 Å². The second-order valence-corrected chi connectivity index (χ2v) is 6.86. The van der Waals surface area contributed by atoms with E-state index >= 15 is 0 Å². The van der Waals surface area contributed by atoms with Crippen LogP contribution >= 0.6 is 11.3 Å². The molecule has 0 saturated carbocycles. The summed E-state index contributed by atoms with van der Waals surface area (Å²) in [4.78, 5) is 34.0. The molecule has 4 rings (SSSR count). The number of carbonyl (C=O) groups excluding carboxylic acids is 1. The summed E-state index contributed by atoms with van der Waals surface area (Å²) < 4.78 is 6.84. The number of aromatic nitrogens is 2. The maximum absolute atomic E-state index is 12.8. The van der Waals surface area contributed by atoms with Gasteiger partial charge in [-0.15, -0.1) is 11.3 Å². The summed E-state index contributed by atoms with van der Waals surface area (Å²) in [5.74, 6) is 0.556. The fourth-order valence-electron chi connectivity index (χ4n) is 3.18. The number of hydrogen-bond donors (Lipinski definition) is 0. The number of anilines is 1. The van der Waals surface area contributed by atoms with Crippen LogP contribution in [0.4, 0.5) is 5.69 Å². The third kappa shape index (κ3) is 2.82. The summed E-state index contributed by atoms with van der Waals surface area (Å²) >= 11 is 1.37. The summed E-state index contributed by atoms with van der Waals surface area (Å²) in [6.07, 6.45) is 3.04. The first kappa shape index (κ1) is 16.6. The van der Waals surface area contributed by atoms with Crippen molar-refractivity contribution in [3.63, 3.8) is 0 Å². The first-order valence-electron chi connectivity index (χ1n) is 8.31. The van der Waals surface area contributed by atoms with E-state index in [-0.39, 0.29) is 17.0 Å². The van der Waals surface area contributed by atoms with E-state index in [2.05, 4.69) is 9.88 Å². The lowest BCUT2D eigenvalue weighted by Crippen LogP contribution is -2.49. The lowest BCUT2D eigenvalue weighted by Gasteiger charge is -2.36.